The lowest BCUT2D eigenvalue weighted by Crippen LogP contribution is -2.33. The van der Waals surface area contributed by atoms with Crippen LogP contribution in [0.25, 0.3) is 5.57 Å². The molecule has 152 valence electrons. The van der Waals surface area contributed by atoms with E-state index in [0.29, 0.717) is 30.2 Å². The Morgan fingerprint density at radius 3 is 2.24 bits per heavy atom. The van der Waals surface area contributed by atoms with Gasteiger partial charge in [0.05, 0.1) is 5.57 Å². The number of imide groups is 1. The minimum Gasteiger partial charge on any atom is -0.385 e. The Kier molecular flexibility index (Phi) is 6.44. The molecule has 0 fully saturated rings. The second-order valence-corrected chi connectivity index (χ2v) is 7.27. The Morgan fingerprint density at radius 1 is 1.00 bits per heavy atom. The first-order valence-electron chi connectivity index (χ1n) is 9.64. The predicted molar refractivity (Wildman–Crippen MR) is 111 cm³/mol. The Morgan fingerprint density at radius 2 is 1.66 bits per heavy atom. The first-order valence-corrected chi connectivity index (χ1v) is 9.64. The first kappa shape index (κ1) is 20.7. The Labute approximate surface area is 170 Å². The number of carbonyl (C=O) groups excluding carboxylic acids is 2. The number of amides is 2. The highest BCUT2D eigenvalue weighted by molar-refractivity contribution is 6.36. The fourth-order valence-electron chi connectivity index (χ4n) is 3.24. The van der Waals surface area contributed by atoms with Gasteiger partial charge in [0.1, 0.15) is 11.5 Å². The second-order valence-electron chi connectivity index (χ2n) is 7.27. The van der Waals surface area contributed by atoms with Crippen molar-refractivity contribution < 1.29 is 18.7 Å². The molecule has 1 N–H and O–H groups in total. The normalized spacial score (nSPS) is 14.3. The predicted octanol–water partition coefficient (Wildman–Crippen LogP) is 4.18. The van der Waals surface area contributed by atoms with Crippen LogP contribution in [0.2, 0.25) is 0 Å². The molecule has 5 nitrogen and oxygen atoms in total. The Hall–Kier alpha value is -2.99. The van der Waals surface area contributed by atoms with Crippen molar-refractivity contribution in [3.8, 4) is 0 Å². The summed E-state index contributed by atoms with van der Waals surface area (Å²) in [7, 11) is 1.57. The van der Waals surface area contributed by atoms with Crippen molar-refractivity contribution >= 4 is 23.1 Å². The molecule has 1 aliphatic heterocycles. The van der Waals surface area contributed by atoms with Gasteiger partial charge in [-0.15, -0.1) is 0 Å². The molecule has 0 atom stereocenters. The maximum absolute atomic E-state index is 13.4. The molecule has 6 heteroatoms. The van der Waals surface area contributed by atoms with Gasteiger partial charge in [-0.25, -0.2) is 4.39 Å². The zero-order valence-electron chi connectivity index (χ0n) is 16.9. The number of anilines is 1. The van der Waals surface area contributed by atoms with Gasteiger partial charge in [0.15, 0.2) is 0 Å². The van der Waals surface area contributed by atoms with E-state index in [1.165, 1.54) is 34.7 Å². The molecule has 2 aromatic rings. The van der Waals surface area contributed by atoms with Crippen molar-refractivity contribution in [3.63, 3.8) is 0 Å². The summed E-state index contributed by atoms with van der Waals surface area (Å²) in [5, 5.41) is 3.11. The van der Waals surface area contributed by atoms with Crippen LogP contribution in [0.15, 0.2) is 54.2 Å². The van der Waals surface area contributed by atoms with Gasteiger partial charge in [0.2, 0.25) is 0 Å². The van der Waals surface area contributed by atoms with Crippen LogP contribution >= 0.6 is 0 Å². The number of hydrogen-bond acceptors (Lipinski definition) is 4. The minimum absolute atomic E-state index is 0.205. The molecule has 3 rings (SSSR count). The highest BCUT2D eigenvalue weighted by atomic mass is 19.1. The molecule has 0 bridgehead atoms. The summed E-state index contributed by atoms with van der Waals surface area (Å²) in [6.07, 6.45) is 0.543. The molecular formula is C23H25FN2O3. The summed E-state index contributed by atoms with van der Waals surface area (Å²) >= 11 is 0. The van der Waals surface area contributed by atoms with E-state index in [-0.39, 0.29) is 23.7 Å². The maximum Gasteiger partial charge on any atom is 0.278 e. The van der Waals surface area contributed by atoms with Crippen LogP contribution in [0.5, 0.6) is 0 Å². The molecule has 2 aromatic carbocycles. The van der Waals surface area contributed by atoms with Crippen molar-refractivity contribution in [1.82, 2.24) is 4.90 Å². The number of benzene rings is 2. The third-order valence-electron chi connectivity index (χ3n) is 4.88. The molecule has 0 spiro atoms. The molecule has 1 aliphatic rings. The molecule has 0 unspecified atom stereocenters. The highest BCUT2D eigenvalue weighted by Gasteiger charge is 2.38. The third-order valence-corrected chi connectivity index (χ3v) is 4.88. The van der Waals surface area contributed by atoms with E-state index in [2.05, 4.69) is 19.2 Å². The van der Waals surface area contributed by atoms with Crippen molar-refractivity contribution in [1.29, 1.82) is 0 Å². The van der Waals surface area contributed by atoms with Crippen LogP contribution < -0.4 is 5.32 Å². The van der Waals surface area contributed by atoms with Gasteiger partial charge < -0.3 is 10.1 Å². The molecular weight excluding hydrogens is 371 g/mol. The van der Waals surface area contributed by atoms with Gasteiger partial charge in [0.25, 0.3) is 11.8 Å². The molecule has 0 saturated carbocycles. The number of carbonyl (C=O) groups is 2. The molecule has 0 radical (unpaired) electrons. The zero-order chi connectivity index (χ0) is 21.0. The molecule has 2 amide bonds. The summed E-state index contributed by atoms with van der Waals surface area (Å²) in [6.45, 7) is 4.92. The number of ether oxygens (including phenoxy) is 1. The van der Waals surface area contributed by atoms with Crippen molar-refractivity contribution in [2.75, 3.05) is 25.6 Å². The fourth-order valence-corrected chi connectivity index (χ4v) is 3.24. The average molecular weight is 396 g/mol. The zero-order valence-corrected chi connectivity index (χ0v) is 16.9. The van der Waals surface area contributed by atoms with Gasteiger partial charge in [0, 0.05) is 25.9 Å². The summed E-state index contributed by atoms with van der Waals surface area (Å²) in [5.41, 5.74) is 2.85. The van der Waals surface area contributed by atoms with Gasteiger partial charge in [-0.1, -0.05) is 38.1 Å². The quantitative estimate of drug-likeness (QED) is 0.537. The van der Waals surface area contributed by atoms with E-state index in [1.54, 1.807) is 7.11 Å². The van der Waals surface area contributed by atoms with Gasteiger partial charge in [-0.2, -0.15) is 0 Å². The van der Waals surface area contributed by atoms with Gasteiger partial charge in [-0.05, 0) is 47.7 Å². The largest absolute Gasteiger partial charge is 0.385 e. The summed E-state index contributed by atoms with van der Waals surface area (Å²) in [4.78, 5) is 27.2. The topological polar surface area (TPSA) is 58.6 Å². The number of methoxy groups -OCH3 is 1. The lowest BCUT2D eigenvalue weighted by molar-refractivity contribution is -0.136. The Bertz CT molecular complexity index is 918. The van der Waals surface area contributed by atoms with Crippen molar-refractivity contribution in [2.24, 2.45) is 0 Å². The second kappa shape index (κ2) is 9.01. The average Bonchev–Trinajstić information content (AvgIpc) is 2.93. The Balaban J connectivity index is 1.95. The van der Waals surface area contributed by atoms with E-state index in [9.17, 15) is 14.0 Å². The van der Waals surface area contributed by atoms with Crippen LogP contribution in [0.1, 0.15) is 37.3 Å². The molecule has 0 aromatic heterocycles. The standard InChI is InChI=1S/C23H25FN2O3/c1-15(2)16-7-11-19(12-8-16)25-21-20(17-5-9-18(24)10-6-17)22(27)26(23(21)28)13-4-14-29-3/h5-12,15,25H,4,13-14H2,1-3H3. The number of nitrogens with zero attached hydrogens (tertiary/aromatic N) is 1. The smallest absolute Gasteiger partial charge is 0.278 e. The fraction of sp³-hybridized carbons (Fsp3) is 0.304. The lowest BCUT2D eigenvalue weighted by Gasteiger charge is -2.15. The van der Waals surface area contributed by atoms with Crippen LogP contribution in [-0.4, -0.2) is 37.0 Å². The van der Waals surface area contributed by atoms with Crippen LogP contribution in [-0.2, 0) is 14.3 Å². The van der Waals surface area contributed by atoms with Gasteiger partial charge in [-0.3, -0.25) is 14.5 Å². The van der Waals surface area contributed by atoms with E-state index in [0.717, 1.165) is 0 Å². The SMILES string of the molecule is COCCCN1C(=O)C(Nc2ccc(C(C)C)cc2)=C(c2ccc(F)cc2)C1=O. The number of nitrogens with one attached hydrogen (secondary N) is 1. The maximum atomic E-state index is 13.4. The molecule has 0 aliphatic carbocycles. The van der Waals surface area contributed by atoms with E-state index in [4.69, 9.17) is 4.74 Å². The molecule has 29 heavy (non-hydrogen) atoms. The number of halogens is 1. The minimum atomic E-state index is -0.401. The van der Waals surface area contributed by atoms with Crippen LogP contribution in [0, 0.1) is 5.82 Å². The summed E-state index contributed by atoms with van der Waals surface area (Å²) < 4.78 is 18.4. The highest BCUT2D eigenvalue weighted by Crippen LogP contribution is 2.31. The van der Waals surface area contributed by atoms with Crippen molar-refractivity contribution in [2.45, 2.75) is 26.2 Å². The van der Waals surface area contributed by atoms with E-state index < -0.39 is 11.7 Å². The summed E-state index contributed by atoms with van der Waals surface area (Å²) in [5.74, 6) is -0.789. The third kappa shape index (κ3) is 4.54. The van der Waals surface area contributed by atoms with Crippen LogP contribution in [0.4, 0.5) is 10.1 Å². The first-order chi connectivity index (χ1) is 13.9. The number of hydrogen-bond donors (Lipinski definition) is 1. The van der Waals surface area contributed by atoms with Crippen molar-refractivity contribution in [3.05, 3.63) is 71.2 Å². The summed E-state index contributed by atoms with van der Waals surface area (Å²) in [6, 6.07) is 13.3. The lowest BCUT2D eigenvalue weighted by atomic mass is 10.0. The van der Waals surface area contributed by atoms with Gasteiger partial charge >= 0.3 is 0 Å². The van der Waals surface area contributed by atoms with Crippen LogP contribution in [0.3, 0.4) is 0 Å². The molecule has 1 heterocycles. The number of rotatable bonds is 8. The molecule has 0 saturated heterocycles. The monoisotopic (exact) mass is 396 g/mol. The van der Waals surface area contributed by atoms with E-state index in [1.807, 2.05) is 24.3 Å². The van der Waals surface area contributed by atoms with E-state index >= 15 is 0 Å².